The molecule has 0 aliphatic carbocycles. The molecule has 3 atom stereocenters. The van der Waals surface area contributed by atoms with Gasteiger partial charge < -0.3 is 10.1 Å². The van der Waals surface area contributed by atoms with Crippen molar-refractivity contribution in [2.45, 2.75) is 31.9 Å². The summed E-state index contributed by atoms with van der Waals surface area (Å²) in [5, 5.41) is 3.04. The monoisotopic (exact) mass is 281 g/mol. The van der Waals surface area contributed by atoms with Crippen molar-refractivity contribution in [1.82, 2.24) is 5.32 Å². The molecule has 0 spiro atoms. The molecular weight excluding hydrogens is 262 g/mol. The molecule has 4 heteroatoms. The number of benzene rings is 1. The summed E-state index contributed by atoms with van der Waals surface area (Å²) >= 11 is 5.96. The van der Waals surface area contributed by atoms with Crippen LogP contribution < -0.4 is 5.32 Å². The number of carbonyl (C=O) groups excluding carboxylic acids is 1. The number of carbonyl (C=O) groups is 1. The van der Waals surface area contributed by atoms with Crippen LogP contribution in [0.15, 0.2) is 30.3 Å². The first-order chi connectivity index (χ1) is 9.20. The van der Waals surface area contributed by atoms with Crippen LogP contribution >= 0.6 is 11.6 Å². The first-order valence-electron chi connectivity index (χ1n) is 6.72. The number of ether oxygens (including phenoxy) is 1. The molecule has 19 heavy (non-hydrogen) atoms. The summed E-state index contributed by atoms with van der Waals surface area (Å²) in [6.07, 6.45) is 1.57. The van der Waals surface area contributed by atoms with Gasteiger partial charge in [0, 0.05) is 18.5 Å². The molecule has 1 saturated heterocycles. The van der Waals surface area contributed by atoms with Gasteiger partial charge in [0.25, 0.3) is 0 Å². The van der Waals surface area contributed by atoms with Gasteiger partial charge in [-0.3, -0.25) is 4.79 Å². The van der Waals surface area contributed by atoms with E-state index < -0.39 is 0 Å². The minimum atomic E-state index is -0.0403. The molecule has 0 bridgehead atoms. The SMILES string of the molecule is CC1OCCC1C(=O)NC(CCl)Cc1ccccc1. The Morgan fingerprint density at radius 1 is 1.47 bits per heavy atom. The Morgan fingerprint density at radius 2 is 2.21 bits per heavy atom. The highest BCUT2D eigenvalue weighted by Gasteiger charge is 2.31. The van der Waals surface area contributed by atoms with Crippen LogP contribution in [0.3, 0.4) is 0 Å². The van der Waals surface area contributed by atoms with Crippen LogP contribution in [-0.2, 0) is 16.0 Å². The average Bonchev–Trinajstić information content (AvgIpc) is 2.85. The van der Waals surface area contributed by atoms with Crippen molar-refractivity contribution in [1.29, 1.82) is 0 Å². The smallest absolute Gasteiger partial charge is 0.226 e. The van der Waals surface area contributed by atoms with E-state index in [-0.39, 0.29) is 24.0 Å². The second kappa shape index (κ2) is 6.92. The molecule has 2 rings (SSSR count). The van der Waals surface area contributed by atoms with Crippen LogP contribution in [0.2, 0.25) is 0 Å². The average molecular weight is 282 g/mol. The van der Waals surface area contributed by atoms with Gasteiger partial charge >= 0.3 is 0 Å². The number of halogens is 1. The highest BCUT2D eigenvalue weighted by atomic mass is 35.5. The Labute approximate surface area is 119 Å². The van der Waals surface area contributed by atoms with Crippen LogP contribution in [0.4, 0.5) is 0 Å². The minimum absolute atomic E-state index is 0.00713. The fourth-order valence-corrected chi connectivity index (χ4v) is 2.61. The maximum Gasteiger partial charge on any atom is 0.226 e. The van der Waals surface area contributed by atoms with E-state index in [2.05, 4.69) is 5.32 Å². The lowest BCUT2D eigenvalue weighted by Gasteiger charge is -2.20. The van der Waals surface area contributed by atoms with E-state index in [9.17, 15) is 4.79 Å². The lowest BCUT2D eigenvalue weighted by atomic mass is 10.0. The largest absolute Gasteiger partial charge is 0.378 e. The summed E-state index contributed by atoms with van der Waals surface area (Å²) in [6, 6.07) is 10.0. The molecule has 3 nitrogen and oxygen atoms in total. The van der Waals surface area contributed by atoms with Gasteiger partial charge in [0.15, 0.2) is 0 Å². The first-order valence-corrected chi connectivity index (χ1v) is 7.26. The molecule has 1 aliphatic heterocycles. The molecule has 1 aromatic rings. The Kier molecular flexibility index (Phi) is 5.23. The lowest BCUT2D eigenvalue weighted by molar-refractivity contribution is -0.126. The van der Waals surface area contributed by atoms with E-state index in [1.807, 2.05) is 37.3 Å². The molecule has 1 aliphatic rings. The van der Waals surface area contributed by atoms with Crippen LogP contribution in [0.1, 0.15) is 18.9 Å². The summed E-state index contributed by atoms with van der Waals surface area (Å²) in [7, 11) is 0. The molecule has 0 aromatic heterocycles. The fourth-order valence-electron chi connectivity index (χ4n) is 2.43. The Bertz CT molecular complexity index is 410. The predicted molar refractivity (Wildman–Crippen MR) is 76.3 cm³/mol. The molecular formula is C15H20ClNO2. The van der Waals surface area contributed by atoms with Gasteiger partial charge in [0.2, 0.25) is 5.91 Å². The topological polar surface area (TPSA) is 38.3 Å². The third-order valence-electron chi connectivity index (χ3n) is 3.57. The van der Waals surface area contributed by atoms with Gasteiger partial charge in [-0.2, -0.15) is 0 Å². The number of amides is 1. The molecule has 0 saturated carbocycles. The van der Waals surface area contributed by atoms with Crippen molar-refractivity contribution in [2.75, 3.05) is 12.5 Å². The molecule has 1 heterocycles. The van der Waals surface area contributed by atoms with Crippen molar-refractivity contribution in [3.63, 3.8) is 0 Å². The number of hydrogen-bond acceptors (Lipinski definition) is 2. The van der Waals surface area contributed by atoms with Crippen molar-refractivity contribution < 1.29 is 9.53 Å². The molecule has 1 fully saturated rings. The highest BCUT2D eigenvalue weighted by Crippen LogP contribution is 2.20. The normalized spacial score (nSPS) is 24.1. The number of rotatable bonds is 5. The van der Waals surface area contributed by atoms with Gasteiger partial charge in [0.1, 0.15) is 0 Å². The van der Waals surface area contributed by atoms with E-state index >= 15 is 0 Å². The quantitative estimate of drug-likeness (QED) is 0.842. The number of nitrogens with one attached hydrogen (secondary N) is 1. The van der Waals surface area contributed by atoms with Crippen LogP contribution in [0.25, 0.3) is 0 Å². The summed E-state index contributed by atoms with van der Waals surface area (Å²) in [5.41, 5.74) is 1.18. The fraction of sp³-hybridized carbons (Fsp3) is 0.533. The van der Waals surface area contributed by atoms with Crippen molar-refractivity contribution in [3.8, 4) is 0 Å². The molecule has 1 N–H and O–H groups in total. The molecule has 3 unspecified atom stereocenters. The van der Waals surface area contributed by atoms with E-state index in [0.29, 0.717) is 12.5 Å². The summed E-state index contributed by atoms with van der Waals surface area (Å²) in [6.45, 7) is 2.62. The lowest BCUT2D eigenvalue weighted by Crippen LogP contribution is -2.42. The summed E-state index contributed by atoms with van der Waals surface area (Å²) < 4.78 is 5.43. The Hall–Kier alpha value is -1.06. The molecule has 1 aromatic carbocycles. The summed E-state index contributed by atoms with van der Waals surface area (Å²) in [4.78, 5) is 12.2. The van der Waals surface area contributed by atoms with Gasteiger partial charge in [0.05, 0.1) is 12.0 Å². The minimum Gasteiger partial charge on any atom is -0.378 e. The van der Waals surface area contributed by atoms with Gasteiger partial charge in [-0.25, -0.2) is 0 Å². The third kappa shape index (κ3) is 3.95. The zero-order valence-electron chi connectivity index (χ0n) is 11.1. The molecule has 0 radical (unpaired) electrons. The predicted octanol–water partition coefficient (Wildman–Crippen LogP) is 2.38. The van der Waals surface area contributed by atoms with Crippen molar-refractivity contribution >= 4 is 17.5 Å². The van der Waals surface area contributed by atoms with Crippen molar-refractivity contribution in [3.05, 3.63) is 35.9 Å². The summed E-state index contributed by atoms with van der Waals surface area (Å²) in [5.74, 6) is 0.441. The van der Waals surface area contributed by atoms with E-state index in [1.165, 1.54) is 5.56 Å². The van der Waals surface area contributed by atoms with Crippen LogP contribution in [0, 0.1) is 5.92 Å². The zero-order valence-corrected chi connectivity index (χ0v) is 11.9. The first kappa shape index (κ1) is 14.4. The van der Waals surface area contributed by atoms with Gasteiger partial charge in [-0.15, -0.1) is 11.6 Å². The third-order valence-corrected chi connectivity index (χ3v) is 3.94. The molecule has 104 valence electrons. The second-order valence-electron chi connectivity index (χ2n) is 5.02. The van der Waals surface area contributed by atoms with Gasteiger partial charge in [-0.05, 0) is 25.3 Å². The van der Waals surface area contributed by atoms with E-state index in [0.717, 1.165) is 12.8 Å². The Balaban J connectivity index is 1.90. The van der Waals surface area contributed by atoms with Crippen molar-refractivity contribution in [2.24, 2.45) is 5.92 Å². The van der Waals surface area contributed by atoms with Gasteiger partial charge in [-0.1, -0.05) is 30.3 Å². The van der Waals surface area contributed by atoms with E-state index in [4.69, 9.17) is 16.3 Å². The zero-order chi connectivity index (χ0) is 13.7. The maximum absolute atomic E-state index is 12.2. The Morgan fingerprint density at radius 3 is 2.79 bits per heavy atom. The van der Waals surface area contributed by atoms with Crippen LogP contribution in [-0.4, -0.2) is 30.5 Å². The van der Waals surface area contributed by atoms with E-state index in [1.54, 1.807) is 0 Å². The highest BCUT2D eigenvalue weighted by molar-refractivity contribution is 6.18. The maximum atomic E-state index is 12.2. The van der Waals surface area contributed by atoms with Crippen LogP contribution in [0.5, 0.6) is 0 Å². The second-order valence-corrected chi connectivity index (χ2v) is 5.33. The number of hydrogen-bond donors (Lipinski definition) is 1. The number of alkyl halides is 1. The molecule has 1 amide bonds. The standard InChI is InChI=1S/C15H20ClNO2/c1-11-14(7-8-19-11)15(18)17-13(10-16)9-12-5-3-2-4-6-12/h2-6,11,13-14H,7-10H2,1H3,(H,17,18).